The molecule has 1 aliphatic rings. The second-order valence-corrected chi connectivity index (χ2v) is 33.3. The van der Waals surface area contributed by atoms with E-state index >= 15 is 0 Å². The van der Waals surface area contributed by atoms with Gasteiger partial charge in [-0.25, -0.2) is 14.3 Å². The number of hydrogen-bond acceptors (Lipinski definition) is 21. The summed E-state index contributed by atoms with van der Waals surface area (Å²) in [5.74, 6) is -8.17. The van der Waals surface area contributed by atoms with Crippen LogP contribution in [0.2, 0.25) is 10.0 Å². The van der Waals surface area contributed by atoms with Gasteiger partial charge >= 0.3 is 18.1 Å². The third-order valence-electron chi connectivity index (χ3n) is 21.8. The second kappa shape index (κ2) is 52.5. The third kappa shape index (κ3) is 33.5. The minimum atomic E-state index is -1.23. The maximum absolute atomic E-state index is 14.9. The van der Waals surface area contributed by atoms with Crippen molar-refractivity contribution in [3.63, 3.8) is 0 Å². The van der Waals surface area contributed by atoms with E-state index in [0.717, 1.165) is 10.5 Å². The van der Waals surface area contributed by atoms with Crippen LogP contribution in [0.4, 0.5) is 15.3 Å². The molecule has 0 unspecified atom stereocenters. The summed E-state index contributed by atoms with van der Waals surface area (Å²) in [5.41, 5.74) is 8.36. The van der Waals surface area contributed by atoms with Gasteiger partial charge in [-0.3, -0.25) is 52.8 Å². The molecule has 12 N–H and O–H groups in total. The van der Waals surface area contributed by atoms with Crippen LogP contribution in [0.5, 0.6) is 0 Å². The first-order valence-corrected chi connectivity index (χ1v) is 43.0. The maximum Gasteiger partial charge on any atom is 0.410 e. The van der Waals surface area contributed by atoms with E-state index in [2.05, 4.69) is 52.8 Å². The van der Waals surface area contributed by atoms with Crippen molar-refractivity contribution >= 4 is 100 Å². The molecular formula is C88H127Cl2N15O20. The van der Waals surface area contributed by atoms with E-state index in [4.69, 9.17) is 57.4 Å². The molecule has 2 heterocycles. The van der Waals surface area contributed by atoms with Crippen molar-refractivity contribution < 1.29 is 96.2 Å². The average Bonchev–Trinajstić information content (AvgIpc) is 1.79. The minimum Gasteiger partial charge on any atom is -0.481 e. The fourth-order valence-electron chi connectivity index (χ4n) is 14.8. The fraction of sp³-hybridized carbons (Fsp3) is 0.568. The van der Waals surface area contributed by atoms with Crippen molar-refractivity contribution in [1.82, 2.24) is 66.9 Å². The largest absolute Gasteiger partial charge is 0.481 e. The number of carbonyl (C=O) groups is 12. The molecule has 0 spiro atoms. The number of urea groups is 1. The summed E-state index contributed by atoms with van der Waals surface area (Å²) >= 11 is 12.4. The Bertz CT molecular complexity index is 4280. The molecule has 5 aromatic rings. The summed E-state index contributed by atoms with van der Waals surface area (Å²) in [6.45, 7) is 18.2. The van der Waals surface area contributed by atoms with Crippen LogP contribution < -0.4 is 48.3 Å². The molecule has 1 aliphatic heterocycles. The third-order valence-corrected chi connectivity index (χ3v) is 22.2. The van der Waals surface area contributed by atoms with E-state index in [-0.39, 0.29) is 119 Å². The van der Waals surface area contributed by atoms with Gasteiger partial charge < -0.3 is 96.7 Å². The maximum atomic E-state index is 14.9. The molecule has 1 aromatic heterocycles. The Labute approximate surface area is 741 Å². The molecule has 14 atom stereocenters. The normalized spacial score (nSPS) is 15.8. The van der Waals surface area contributed by atoms with Gasteiger partial charge in [-0.1, -0.05) is 170 Å². The molecule has 688 valence electrons. The van der Waals surface area contributed by atoms with Gasteiger partial charge in [-0.15, -0.1) is 5.10 Å². The molecule has 0 aliphatic carbocycles. The number of carboxylic acid groups (broad SMARTS) is 1. The summed E-state index contributed by atoms with van der Waals surface area (Å²) in [7, 11) is 6.05. The number of hydrogen-bond donors (Lipinski definition) is 11. The van der Waals surface area contributed by atoms with E-state index in [1.807, 2.05) is 62.4 Å². The quantitative estimate of drug-likeness (QED) is 0.0167. The molecule has 125 heavy (non-hydrogen) atoms. The first kappa shape index (κ1) is 103. The SMILES string of the molecule is CC[C@H](C)[C@@H]([C@@H](CC(=O)N1CCC[C@H]1[C@H](OC)[C@@H](C)C(=O)N[C@H](C)[C@@H](O)c1ccccc1)OC)N(C)C(=O)[C@@H](NC(=O)[C@H](C(C)C)N(C)C(=O)OCc1ccc(NC(=O)[C@H](CCCNC(N)=O)NC(=O)[C@@H](NC(=O)CCOCc2cn(CCOCCC(=O)N[C@@H](COCc3ccccc3)C(=O)N[C@@H](CC(=O)O)c3cc(Cl)cc(Cl)c3)nn2)C(C)C)cc1)C(C)C. The molecule has 1 saturated heterocycles. The lowest BCUT2D eigenvalue weighted by atomic mass is 9.89. The number of aromatic nitrogens is 3. The number of benzene rings is 4. The first-order valence-electron chi connectivity index (χ1n) is 42.3. The number of carbonyl (C=O) groups excluding carboxylic acids is 11. The lowest BCUT2D eigenvalue weighted by Crippen LogP contribution is -2.60. The number of nitrogens with one attached hydrogen (secondary N) is 8. The summed E-state index contributed by atoms with van der Waals surface area (Å²) in [5, 5.41) is 51.3. The van der Waals surface area contributed by atoms with Crippen molar-refractivity contribution in [2.45, 2.75) is 226 Å². The minimum absolute atomic E-state index is 0.0272. The zero-order chi connectivity index (χ0) is 92.1. The predicted octanol–water partition coefficient (Wildman–Crippen LogP) is 7.54. The van der Waals surface area contributed by atoms with Crippen molar-refractivity contribution in [1.29, 1.82) is 0 Å². The molecule has 1 fully saturated rings. The number of ether oxygens (including phenoxy) is 6. The van der Waals surface area contributed by atoms with Crippen LogP contribution in [0.25, 0.3) is 0 Å². The van der Waals surface area contributed by atoms with Gasteiger partial charge in [0.1, 0.15) is 42.5 Å². The van der Waals surface area contributed by atoms with Crippen molar-refractivity contribution in [3.05, 3.63) is 147 Å². The number of methoxy groups -OCH3 is 2. The van der Waals surface area contributed by atoms with Crippen molar-refractivity contribution in [2.24, 2.45) is 35.3 Å². The smallest absolute Gasteiger partial charge is 0.410 e. The van der Waals surface area contributed by atoms with E-state index in [0.29, 0.717) is 53.9 Å². The molecule has 37 heteroatoms. The highest BCUT2D eigenvalue weighted by Gasteiger charge is 2.45. The van der Waals surface area contributed by atoms with Crippen LogP contribution >= 0.6 is 23.2 Å². The van der Waals surface area contributed by atoms with E-state index < -0.39 is 162 Å². The lowest BCUT2D eigenvalue weighted by Gasteiger charge is -2.41. The highest BCUT2D eigenvalue weighted by Crippen LogP contribution is 2.32. The van der Waals surface area contributed by atoms with Crippen LogP contribution in [0.15, 0.2) is 109 Å². The molecule has 35 nitrogen and oxygen atoms in total. The summed E-state index contributed by atoms with van der Waals surface area (Å²) in [6.07, 6.45) is -0.492. The summed E-state index contributed by atoms with van der Waals surface area (Å²) in [6, 6.07) is 19.7. The number of amides is 12. The number of carboxylic acids is 1. The molecule has 6 rings (SSSR count). The van der Waals surface area contributed by atoms with E-state index in [9.17, 15) is 67.7 Å². The Kier molecular flexibility index (Phi) is 43.4. The number of nitrogens with zero attached hydrogens (tertiary/aromatic N) is 6. The fourth-order valence-corrected chi connectivity index (χ4v) is 15.3. The van der Waals surface area contributed by atoms with E-state index in [1.54, 1.807) is 110 Å². The number of likely N-dealkylation sites (tertiary alicyclic amines) is 1. The van der Waals surface area contributed by atoms with Gasteiger partial charge in [-0.05, 0) is 109 Å². The number of nitrogens with two attached hydrogens (primary N) is 1. The zero-order valence-electron chi connectivity index (χ0n) is 73.9. The van der Waals surface area contributed by atoms with Crippen LogP contribution in [0.1, 0.15) is 167 Å². The van der Waals surface area contributed by atoms with Crippen LogP contribution in [-0.2, 0) is 103 Å². The molecule has 12 amide bonds. The van der Waals surface area contributed by atoms with Crippen molar-refractivity contribution in [3.8, 4) is 0 Å². The Balaban J connectivity index is 0.961. The number of likely N-dealkylation sites (N-methyl/N-ethyl adjacent to an activating group) is 2. The zero-order valence-corrected chi connectivity index (χ0v) is 75.4. The Morgan fingerprint density at radius 2 is 1.26 bits per heavy atom. The number of aliphatic carboxylic acids is 1. The van der Waals surface area contributed by atoms with Gasteiger partial charge in [0.15, 0.2) is 0 Å². The highest BCUT2D eigenvalue weighted by molar-refractivity contribution is 6.34. The predicted molar refractivity (Wildman–Crippen MR) is 466 cm³/mol. The van der Waals surface area contributed by atoms with Crippen molar-refractivity contribution in [2.75, 3.05) is 73.1 Å². The molecular weight excluding hydrogens is 1660 g/mol. The Morgan fingerprint density at radius 3 is 1.87 bits per heavy atom. The molecule has 0 bridgehead atoms. The summed E-state index contributed by atoms with van der Waals surface area (Å²) < 4.78 is 36.6. The average molecular weight is 1790 g/mol. The van der Waals surface area contributed by atoms with Gasteiger partial charge in [0.05, 0.1) is 114 Å². The highest BCUT2D eigenvalue weighted by atomic mass is 35.5. The number of anilines is 1. The molecule has 0 radical (unpaired) electrons. The van der Waals surface area contributed by atoms with Gasteiger partial charge in [-0.2, -0.15) is 0 Å². The Hall–Kier alpha value is -10.4. The number of rotatable bonds is 53. The summed E-state index contributed by atoms with van der Waals surface area (Å²) in [4.78, 5) is 168. The molecule has 0 saturated carbocycles. The number of aliphatic hydroxyl groups excluding tert-OH is 1. The van der Waals surface area contributed by atoms with Gasteiger partial charge in [0, 0.05) is 70.0 Å². The van der Waals surface area contributed by atoms with Gasteiger partial charge in [0.25, 0.3) is 0 Å². The Morgan fingerprint density at radius 1 is 0.632 bits per heavy atom. The number of aliphatic hydroxyl groups is 1. The molecule has 4 aromatic carbocycles. The van der Waals surface area contributed by atoms with Crippen LogP contribution in [-0.4, -0.2) is 240 Å². The second-order valence-electron chi connectivity index (χ2n) is 32.4. The topological polar surface area (TPSA) is 463 Å². The first-order chi connectivity index (χ1) is 59.4. The number of primary amides is 1. The van der Waals surface area contributed by atoms with Crippen LogP contribution in [0, 0.1) is 29.6 Å². The monoisotopic (exact) mass is 1780 g/mol. The van der Waals surface area contributed by atoms with E-state index in [1.165, 1.54) is 49.0 Å². The lowest BCUT2D eigenvalue weighted by molar-refractivity contribution is -0.148. The van der Waals surface area contributed by atoms with Crippen LogP contribution in [0.3, 0.4) is 0 Å². The number of halogens is 2. The standard InChI is InChI=1S/C88H127Cl2N15O20/c1-15-55(8)78(70(120-13)46-73(108)105-37-23-29-69(105)80(121-14)56(9)81(112)93-57(10)79(111)60-26-20-17-21-27-60)102(11)86(117)76(53(4)5)99-85(116)77(54(6)7)103(12)88(119)125-49-59-30-32-64(33-31-59)94-82(113)66(28-22-36-92-87(91)118)96-84(115)75(52(2)3)98-72(107)35-40-123-50-65-47-104(101-100-65)38-41-122-39-34-71(106)95-68(51-124-48-58-24-18-16-19-25-58)83(114)97-67(45-74(109)110)61-42-62(89)44-63(90)43-61/h16-21,24-27,30-33,42-44,47,52-57,66-70,75-80,111H,15,22-23,28-29,34-41,45-46,48-51H2,1-14H3,(H,93,112)(H,94,113)(H,95,106)(H,96,115)(H,97,114)(H,98,107)(H,99,116)(H,109,110)(H3,91,92,118)/t55-,56+,57+,66-,67-,68-,69-,70+,75-,76-,77-,78-,79+,80+/m0/s1. The van der Waals surface area contributed by atoms with Gasteiger partial charge in [0.2, 0.25) is 53.2 Å².